The highest BCUT2D eigenvalue weighted by Gasteiger charge is 2.24. The summed E-state index contributed by atoms with van der Waals surface area (Å²) in [6.45, 7) is 1.90. The molecule has 1 aromatic carbocycles. The summed E-state index contributed by atoms with van der Waals surface area (Å²) >= 11 is 0. The highest BCUT2D eigenvalue weighted by atomic mass is 19.1. The van der Waals surface area contributed by atoms with Gasteiger partial charge in [-0.3, -0.25) is 0 Å². The van der Waals surface area contributed by atoms with Crippen molar-refractivity contribution in [2.45, 2.75) is 25.8 Å². The van der Waals surface area contributed by atoms with Crippen LogP contribution in [0.3, 0.4) is 0 Å². The molecule has 2 amide bonds. The zero-order valence-corrected chi connectivity index (χ0v) is 13.8. The van der Waals surface area contributed by atoms with Crippen molar-refractivity contribution in [2.75, 3.05) is 13.1 Å². The Morgan fingerprint density at radius 1 is 1.38 bits per heavy atom. The Bertz CT molecular complexity index is 685. The Labute approximate surface area is 140 Å². The first-order chi connectivity index (χ1) is 11.6. The summed E-state index contributed by atoms with van der Waals surface area (Å²) in [7, 11) is 1.94. The average molecular weight is 331 g/mol. The van der Waals surface area contributed by atoms with Crippen LogP contribution in [0.15, 0.2) is 30.6 Å². The van der Waals surface area contributed by atoms with Crippen LogP contribution in [0.5, 0.6) is 0 Å². The quantitative estimate of drug-likeness (QED) is 0.933. The molecule has 128 valence electrons. The summed E-state index contributed by atoms with van der Waals surface area (Å²) in [6.07, 6.45) is 4.62. The Balaban J connectivity index is 1.51. The Morgan fingerprint density at radius 2 is 2.17 bits per heavy atom. The van der Waals surface area contributed by atoms with Gasteiger partial charge in [-0.2, -0.15) is 0 Å². The van der Waals surface area contributed by atoms with Crippen molar-refractivity contribution >= 4 is 6.03 Å². The number of hydrogen-bond acceptors (Lipinski definition) is 3. The molecular weight excluding hydrogens is 309 g/mol. The second-order valence-corrected chi connectivity index (χ2v) is 6.30. The molecule has 7 heteroatoms. The molecule has 0 saturated carbocycles. The maximum absolute atomic E-state index is 12.9. The third-order valence-electron chi connectivity index (χ3n) is 4.44. The second kappa shape index (κ2) is 7.42. The largest absolute Gasteiger partial charge is 0.334 e. The number of nitrogens with zero attached hydrogens (tertiary/aromatic N) is 4. The summed E-state index contributed by atoms with van der Waals surface area (Å²) in [4.78, 5) is 14.2. The molecule has 1 aliphatic rings. The predicted molar refractivity (Wildman–Crippen MR) is 87.6 cm³/mol. The number of rotatable bonds is 4. The van der Waals surface area contributed by atoms with E-state index in [0.29, 0.717) is 12.5 Å². The topological polar surface area (TPSA) is 63.1 Å². The van der Waals surface area contributed by atoms with Gasteiger partial charge in [-0.25, -0.2) is 9.18 Å². The number of piperidine rings is 1. The molecule has 3 rings (SSSR count). The Kier molecular flexibility index (Phi) is 5.08. The summed E-state index contributed by atoms with van der Waals surface area (Å²) in [5.74, 6) is 1.08. The van der Waals surface area contributed by atoms with Crippen molar-refractivity contribution in [3.8, 4) is 0 Å². The first-order valence-corrected chi connectivity index (χ1v) is 8.22. The van der Waals surface area contributed by atoms with Crippen LogP contribution in [0, 0.1) is 11.7 Å². The van der Waals surface area contributed by atoms with Gasteiger partial charge in [0.15, 0.2) is 0 Å². The number of halogens is 1. The van der Waals surface area contributed by atoms with Crippen molar-refractivity contribution < 1.29 is 9.18 Å². The Hall–Kier alpha value is -2.44. The standard InChI is InChI=1S/C17H22FN5O/c1-22-12-20-21-16(22)9-14-3-2-8-23(11-14)17(24)19-10-13-4-6-15(18)7-5-13/h4-7,12,14H,2-3,8-11H2,1H3,(H,19,24)/t14-/m1/s1. The van der Waals surface area contributed by atoms with Crippen LogP contribution < -0.4 is 5.32 Å². The number of benzene rings is 1. The fourth-order valence-corrected chi connectivity index (χ4v) is 3.06. The minimum atomic E-state index is -0.271. The summed E-state index contributed by atoms with van der Waals surface area (Å²) in [6, 6.07) is 6.10. The molecule has 1 N–H and O–H groups in total. The van der Waals surface area contributed by atoms with E-state index in [9.17, 15) is 9.18 Å². The molecule has 0 radical (unpaired) electrons. The summed E-state index contributed by atoms with van der Waals surface area (Å²) in [5, 5.41) is 10.9. The lowest BCUT2D eigenvalue weighted by Gasteiger charge is -2.32. The van der Waals surface area contributed by atoms with Crippen LogP contribution in [0.2, 0.25) is 0 Å². The number of hydrogen-bond donors (Lipinski definition) is 1. The third kappa shape index (κ3) is 4.10. The summed E-state index contributed by atoms with van der Waals surface area (Å²) < 4.78 is 14.8. The maximum Gasteiger partial charge on any atom is 0.317 e. The predicted octanol–water partition coefficient (Wildman–Crippen LogP) is 2.12. The lowest BCUT2D eigenvalue weighted by Crippen LogP contribution is -2.45. The van der Waals surface area contributed by atoms with E-state index in [1.807, 2.05) is 16.5 Å². The van der Waals surface area contributed by atoms with Crippen molar-refractivity contribution in [1.82, 2.24) is 25.0 Å². The van der Waals surface area contributed by atoms with Crippen LogP contribution in [-0.4, -0.2) is 38.8 Å². The zero-order valence-electron chi connectivity index (χ0n) is 13.8. The molecule has 1 fully saturated rings. The van der Waals surface area contributed by atoms with Crippen LogP contribution in [0.25, 0.3) is 0 Å². The maximum atomic E-state index is 12.9. The number of nitrogens with one attached hydrogen (secondary N) is 1. The smallest absolute Gasteiger partial charge is 0.317 e. The molecule has 0 aliphatic carbocycles. The van der Waals surface area contributed by atoms with E-state index in [1.165, 1.54) is 12.1 Å². The molecule has 0 unspecified atom stereocenters. The fraction of sp³-hybridized carbons (Fsp3) is 0.471. The second-order valence-electron chi connectivity index (χ2n) is 6.30. The van der Waals surface area contributed by atoms with Gasteiger partial charge in [0, 0.05) is 33.1 Å². The molecule has 24 heavy (non-hydrogen) atoms. The van der Waals surface area contributed by atoms with Crippen molar-refractivity contribution in [3.63, 3.8) is 0 Å². The minimum Gasteiger partial charge on any atom is -0.334 e. The van der Waals surface area contributed by atoms with Gasteiger partial charge in [-0.05, 0) is 36.5 Å². The van der Waals surface area contributed by atoms with E-state index < -0.39 is 0 Å². The normalized spacial score (nSPS) is 17.8. The van der Waals surface area contributed by atoms with E-state index in [2.05, 4.69) is 15.5 Å². The fourth-order valence-electron chi connectivity index (χ4n) is 3.06. The van der Waals surface area contributed by atoms with Gasteiger partial charge in [-0.15, -0.1) is 10.2 Å². The number of aromatic nitrogens is 3. The first-order valence-electron chi connectivity index (χ1n) is 8.22. The third-order valence-corrected chi connectivity index (χ3v) is 4.44. The highest BCUT2D eigenvalue weighted by molar-refractivity contribution is 5.74. The molecule has 2 heterocycles. The van der Waals surface area contributed by atoms with Gasteiger partial charge < -0.3 is 14.8 Å². The van der Waals surface area contributed by atoms with Gasteiger partial charge in [-0.1, -0.05) is 12.1 Å². The molecule has 1 aliphatic heterocycles. The SMILES string of the molecule is Cn1cnnc1C[C@H]1CCCN(C(=O)NCc2ccc(F)cc2)C1. The number of aryl methyl sites for hydroxylation is 1. The van der Waals surface area contributed by atoms with Crippen LogP contribution in [0.1, 0.15) is 24.2 Å². The van der Waals surface area contributed by atoms with Gasteiger partial charge in [0.25, 0.3) is 0 Å². The minimum absolute atomic E-state index is 0.0676. The monoisotopic (exact) mass is 331 g/mol. The molecule has 1 atom stereocenters. The number of carbonyl (C=O) groups excluding carboxylic acids is 1. The van der Waals surface area contributed by atoms with Crippen LogP contribution in [0.4, 0.5) is 9.18 Å². The lowest BCUT2D eigenvalue weighted by molar-refractivity contribution is 0.164. The molecule has 1 saturated heterocycles. The number of urea groups is 1. The van der Waals surface area contributed by atoms with Crippen LogP contribution >= 0.6 is 0 Å². The molecule has 1 aromatic heterocycles. The molecule has 0 spiro atoms. The first kappa shape index (κ1) is 16.4. The van der Waals surface area contributed by atoms with Gasteiger partial charge in [0.2, 0.25) is 0 Å². The molecule has 0 bridgehead atoms. The number of amides is 2. The van der Waals surface area contributed by atoms with Crippen molar-refractivity contribution in [3.05, 3.63) is 47.8 Å². The van der Waals surface area contributed by atoms with Gasteiger partial charge in [0.05, 0.1) is 0 Å². The van der Waals surface area contributed by atoms with E-state index in [0.717, 1.165) is 43.7 Å². The number of likely N-dealkylation sites (tertiary alicyclic amines) is 1. The summed E-state index contributed by atoms with van der Waals surface area (Å²) in [5.41, 5.74) is 0.886. The zero-order chi connectivity index (χ0) is 16.9. The molecule has 2 aromatic rings. The van der Waals surface area contributed by atoms with E-state index in [-0.39, 0.29) is 11.8 Å². The Morgan fingerprint density at radius 3 is 2.88 bits per heavy atom. The highest BCUT2D eigenvalue weighted by Crippen LogP contribution is 2.20. The van der Waals surface area contributed by atoms with E-state index in [1.54, 1.807) is 18.5 Å². The average Bonchev–Trinajstić information content (AvgIpc) is 2.99. The molecule has 6 nitrogen and oxygen atoms in total. The van der Waals surface area contributed by atoms with Gasteiger partial charge >= 0.3 is 6.03 Å². The lowest BCUT2D eigenvalue weighted by atomic mass is 9.94. The van der Waals surface area contributed by atoms with Crippen molar-refractivity contribution in [2.24, 2.45) is 13.0 Å². The molecular formula is C17H22FN5O. The van der Waals surface area contributed by atoms with E-state index in [4.69, 9.17) is 0 Å². The van der Waals surface area contributed by atoms with Gasteiger partial charge in [0.1, 0.15) is 18.0 Å². The number of carbonyl (C=O) groups is 1. The van der Waals surface area contributed by atoms with E-state index >= 15 is 0 Å². The van der Waals surface area contributed by atoms with Crippen molar-refractivity contribution in [1.29, 1.82) is 0 Å². The van der Waals surface area contributed by atoms with Crippen LogP contribution in [-0.2, 0) is 20.0 Å².